The molecular weight excluding hydrogens is 358 g/mol. The van der Waals surface area contributed by atoms with Gasteiger partial charge in [-0.15, -0.1) is 0 Å². The molecule has 0 aliphatic heterocycles. The van der Waals surface area contributed by atoms with Crippen LogP contribution in [0, 0.1) is 0 Å². The lowest BCUT2D eigenvalue weighted by molar-refractivity contribution is 0.0950. The third kappa shape index (κ3) is 3.96. The number of amides is 3. The lowest BCUT2D eigenvalue weighted by Gasteiger charge is -2.21. The lowest BCUT2D eigenvalue weighted by atomic mass is 10.2. The van der Waals surface area contributed by atoms with Crippen LogP contribution in [0.4, 0.5) is 10.5 Å². The number of rotatable bonds is 2. The normalized spacial score (nSPS) is 10.0. The Balaban J connectivity index is 2.22. The quantitative estimate of drug-likeness (QED) is 0.798. The molecule has 0 radical (unpaired) electrons. The average molecular weight is 369 g/mol. The zero-order valence-electron chi connectivity index (χ0n) is 10.7. The summed E-state index contributed by atoms with van der Waals surface area (Å²) in [4.78, 5) is 23.7. The largest absolute Gasteiger partial charge is 0.350 e. The van der Waals surface area contributed by atoms with Crippen molar-refractivity contribution in [2.24, 2.45) is 5.73 Å². The van der Waals surface area contributed by atoms with Crippen molar-refractivity contribution in [2.45, 2.75) is 0 Å². The number of primary amides is 1. The van der Waals surface area contributed by atoms with E-state index in [9.17, 15) is 9.59 Å². The zero-order valence-corrected chi connectivity index (χ0v) is 13.1. The number of nitrogens with zero attached hydrogens (tertiary/aromatic N) is 1. The van der Waals surface area contributed by atoms with E-state index in [1.165, 1.54) is 0 Å². The SMILES string of the molecule is NC(=O)N(NC(=O)c1cccc(Br)c1)c1ccc(Cl)cc1. The lowest BCUT2D eigenvalue weighted by Crippen LogP contribution is -2.49. The van der Waals surface area contributed by atoms with Crippen molar-refractivity contribution in [3.63, 3.8) is 0 Å². The summed E-state index contributed by atoms with van der Waals surface area (Å²) in [6.07, 6.45) is 0. The Bertz CT molecular complexity index is 676. The summed E-state index contributed by atoms with van der Waals surface area (Å²) in [5.74, 6) is -0.454. The maximum Gasteiger partial charge on any atom is 0.338 e. The number of carbonyl (C=O) groups is 2. The van der Waals surface area contributed by atoms with E-state index in [1.54, 1.807) is 48.5 Å². The van der Waals surface area contributed by atoms with Gasteiger partial charge in [-0.05, 0) is 42.5 Å². The number of hydrazine groups is 1. The van der Waals surface area contributed by atoms with Gasteiger partial charge in [0.15, 0.2) is 0 Å². The molecule has 0 atom stereocenters. The highest BCUT2D eigenvalue weighted by Crippen LogP contribution is 2.17. The molecule has 2 rings (SSSR count). The van der Waals surface area contributed by atoms with Crippen LogP contribution >= 0.6 is 27.5 Å². The fraction of sp³-hybridized carbons (Fsp3) is 0. The molecule has 0 heterocycles. The van der Waals surface area contributed by atoms with Gasteiger partial charge in [0.05, 0.1) is 5.69 Å². The molecule has 21 heavy (non-hydrogen) atoms. The Hall–Kier alpha value is -2.05. The van der Waals surface area contributed by atoms with Gasteiger partial charge in [0.1, 0.15) is 0 Å². The summed E-state index contributed by atoms with van der Waals surface area (Å²) >= 11 is 9.07. The first-order valence-corrected chi connectivity index (χ1v) is 7.06. The summed E-state index contributed by atoms with van der Waals surface area (Å²) < 4.78 is 0.757. The highest BCUT2D eigenvalue weighted by atomic mass is 79.9. The number of hydrogen-bond donors (Lipinski definition) is 2. The van der Waals surface area contributed by atoms with Gasteiger partial charge in [-0.3, -0.25) is 10.2 Å². The number of urea groups is 1. The first-order chi connectivity index (χ1) is 9.97. The van der Waals surface area contributed by atoms with Crippen LogP contribution in [0.2, 0.25) is 5.02 Å². The number of benzene rings is 2. The molecule has 7 heteroatoms. The second kappa shape index (κ2) is 6.60. The number of carbonyl (C=O) groups excluding carboxylic acids is 2. The monoisotopic (exact) mass is 367 g/mol. The topological polar surface area (TPSA) is 75.4 Å². The maximum atomic E-state index is 12.1. The van der Waals surface area contributed by atoms with Crippen LogP contribution in [0.3, 0.4) is 0 Å². The average Bonchev–Trinajstić information content (AvgIpc) is 2.45. The van der Waals surface area contributed by atoms with Gasteiger partial charge in [-0.1, -0.05) is 33.6 Å². The molecule has 0 aliphatic carbocycles. The van der Waals surface area contributed by atoms with Crippen LogP contribution in [-0.4, -0.2) is 11.9 Å². The molecule has 0 fully saturated rings. The predicted molar refractivity (Wildman–Crippen MR) is 85.1 cm³/mol. The van der Waals surface area contributed by atoms with E-state index >= 15 is 0 Å². The highest BCUT2D eigenvalue weighted by Gasteiger charge is 2.16. The Kier molecular flexibility index (Phi) is 4.82. The Morgan fingerprint density at radius 3 is 2.38 bits per heavy atom. The number of halogens is 2. The Labute approximate surface area is 134 Å². The standard InChI is InChI=1S/C14H11BrClN3O2/c15-10-3-1-2-9(8-10)13(20)18-19(14(17)21)12-6-4-11(16)5-7-12/h1-8H,(H2,17,21)(H,18,20). The van der Waals surface area contributed by atoms with Crippen molar-refractivity contribution >= 4 is 45.2 Å². The molecule has 2 aromatic rings. The summed E-state index contributed by atoms with van der Waals surface area (Å²) in [6, 6.07) is 12.3. The van der Waals surface area contributed by atoms with Crippen molar-refractivity contribution in [3.8, 4) is 0 Å². The molecule has 5 nitrogen and oxygen atoms in total. The van der Waals surface area contributed by atoms with E-state index in [2.05, 4.69) is 21.4 Å². The highest BCUT2D eigenvalue weighted by molar-refractivity contribution is 9.10. The summed E-state index contributed by atoms with van der Waals surface area (Å²) in [6.45, 7) is 0. The molecule has 0 unspecified atom stereocenters. The van der Waals surface area contributed by atoms with Gasteiger partial charge in [0.25, 0.3) is 5.91 Å². The second-order valence-corrected chi connectivity index (χ2v) is 5.45. The molecule has 3 amide bonds. The van der Waals surface area contributed by atoms with Gasteiger partial charge in [-0.25, -0.2) is 9.80 Å². The first kappa shape index (κ1) is 15.3. The van der Waals surface area contributed by atoms with Crippen molar-refractivity contribution in [2.75, 3.05) is 5.01 Å². The van der Waals surface area contributed by atoms with Crippen LogP contribution in [0.5, 0.6) is 0 Å². The Morgan fingerprint density at radius 2 is 1.81 bits per heavy atom. The number of nitrogens with two attached hydrogens (primary N) is 1. The molecule has 108 valence electrons. The first-order valence-electron chi connectivity index (χ1n) is 5.89. The van der Waals surface area contributed by atoms with Gasteiger partial charge in [0, 0.05) is 15.1 Å². The predicted octanol–water partition coefficient (Wildman–Crippen LogP) is 3.33. The van der Waals surface area contributed by atoms with E-state index in [-0.39, 0.29) is 0 Å². The van der Waals surface area contributed by atoms with Gasteiger partial charge in [-0.2, -0.15) is 0 Å². The van der Waals surface area contributed by atoms with E-state index in [0.717, 1.165) is 9.48 Å². The summed E-state index contributed by atoms with van der Waals surface area (Å²) in [5.41, 5.74) is 8.55. The third-order valence-electron chi connectivity index (χ3n) is 2.61. The summed E-state index contributed by atoms with van der Waals surface area (Å²) in [5, 5.41) is 1.47. The zero-order chi connectivity index (χ0) is 15.4. The summed E-state index contributed by atoms with van der Waals surface area (Å²) in [7, 11) is 0. The maximum absolute atomic E-state index is 12.1. The Morgan fingerprint density at radius 1 is 1.14 bits per heavy atom. The van der Waals surface area contributed by atoms with E-state index in [0.29, 0.717) is 16.3 Å². The van der Waals surface area contributed by atoms with Crippen molar-refractivity contribution in [1.29, 1.82) is 0 Å². The molecule has 0 saturated heterocycles. The van der Waals surface area contributed by atoms with Gasteiger partial charge >= 0.3 is 6.03 Å². The molecule has 0 bridgehead atoms. The fourth-order valence-corrected chi connectivity index (χ4v) is 2.16. The number of anilines is 1. The van der Waals surface area contributed by atoms with Crippen LogP contribution in [-0.2, 0) is 0 Å². The minimum absolute atomic E-state index is 0.393. The molecule has 2 aromatic carbocycles. The smallest absolute Gasteiger partial charge is 0.338 e. The minimum Gasteiger partial charge on any atom is -0.350 e. The van der Waals surface area contributed by atoms with Crippen molar-refractivity contribution < 1.29 is 9.59 Å². The minimum atomic E-state index is -0.805. The van der Waals surface area contributed by atoms with E-state index < -0.39 is 11.9 Å². The van der Waals surface area contributed by atoms with E-state index in [4.69, 9.17) is 17.3 Å². The van der Waals surface area contributed by atoms with Crippen LogP contribution in [0.1, 0.15) is 10.4 Å². The fourth-order valence-electron chi connectivity index (χ4n) is 1.63. The van der Waals surface area contributed by atoms with E-state index in [1.807, 2.05) is 0 Å². The van der Waals surface area contributed by atoms with Crippen molar-refractivity contribution in [3.05, 3.63) is 63.6 Å². The molecule has 3 N–H and O–H groups in total. The molecule has 0 saturated carbocycles. The number of hydrogen-bond acceptors (Lipinski definition) is 2. The number of nitrogens with one attached hydrogen (secondary N) is 1. The molecule has 0 aliphatic rings. The molecular formula is C14H11BrClN3O2. The van der Waals surface area contributed by atoms with Crippen LogP contribution < -0.4 is 16.2 Å². The van der Waals surface area contributed by atoms with Gasteiger partial charge in [0.2, 0.25) is 0 Å². The van der Waals surface area contributed by atoms with Crippen LogP contribution in [0.25, 0.3) is 0 Å². The molecule has 0 spiro atoms. The molecule has 0 aromatic heterocycles. The third-order valence-corrected chi connectivity index (χ3v) is 3.35. The van der Waals surface area contributed by atoms with Gasteiger partial charge < -0.3 is 5.73 Å². The second-order valence-electron chi connectivity index (χ2n) is 4.10. The van der Waals surface area contributed by atoms with Crippen LogP contribution in [0.15, 0.2) is 53.0 Å². The van der Waals surface area contributed by atoms with Crippen molar-refractivity contribution in [1.82, 2.24) is 5.43 Å².